The van der Waals surface area contributed by atoms with Crippen LogP contribution >= 0.6 is 11.8 Å². The van der Waals surface area contributed by atoms with Crippen LogP contribution in [0, 0.1) is 5.92 Å². The van der Waals surface area contributed by atoms with Crippen molar-refractivity contribution in [1.29, 1.82) is 0 Å². The lowest BCUT2D eigenvalue weighted by molar-refractivity contribution is 0.127. The maximum atomic E-state index is 5.57. The smallest absolute Gasteiger partial charge is 0.0666 e. The lowest BCUT2D eigenvalue weighted by Crippen LogP contribution is -2.30. The van der Waals surface area contributed by atoms with E-state index in [4.69, 9.17) is 4.74 Å². The predicted molar refractivity (Wildman–Crippen MR) is 66.5 cm³/mol. The molecule has 2 fully saturated rings. The summed E-state index contributed by atoms with van der Waals surface area (Å²) in [6.45, 7) is 5.67. The summed E-state index contributed by atoms with van der Waals surface area (Å²) in [7, 11) is 0. The second-order valence-electron chi connectivity index (χ2n) is 4.77. The Balaban J connectivity index is 1.57. The van der Waals surface area contributed by atoms with Crippen LogP contribution in [-0.4, -0.2) is 36.8 Å². The van der Waals surface area contributed by atoms with Crippen molar-refractivity contribution in [2.45, 2.75) is 44.0 Å². The Bertz CT molecular complexity index is 182. The molecule has 2 saturated heterocycles. The molecule has 0 aromatic carbocycles. The van der Waals surface area contributed by atoms with Crippen LogP contribution in [-0.2, 0) is 4.74 Å². The summed E-state index contributed by atoms with van der Waals surface area (Å²) in [5, 5.41) is 4.25. The Morgan fingerprint density at radius 2 is 2.33 bits per heavy atom. The third kappa shape index (κ3) is 3.65. The molecule has 2 nitrogen and oxygen atoms in total. The van der Waals surface area contributed by atoms with E-state index in [0.717, 1.165) is 17.8 Å². The molecule has 0 saturated carbocycles. The first-order valence-corrected chi connectivity index (χ1v) is 7.35. The van der Waals surface area contributed by atoms with Crippen molar-refractivity contribution in [2.75, 3.05) is 25.4 Å². The van der Waals surface area contributed by atoms with Gasteiger partial charge in [-0.2, -0.15) is 11.8 Å². The van der Waals surface area contributed by atoms with Crippen LogP contribution in [0.4, 0.5) is 0 Å². The second-order valence-corrected chi connectivity index (χ2v) is 6.12. The van der Waals surface area contributed by atoms with Crippen LogP contribution < -0.4 is 5.32 Å². The standard InChI is InChI=1S/C12H23NOS/c1-10-12(4-7-14-10)15-8-5-11-3-2-6-13-9-11/h10-13H,2-9H2,1H3. The minimum absolute atomic E-state index is 0.486. The molecule has 0 aliphatic carbocycles. The first kappa shape index (κ1) is 11.7. The van der Waals surface area contributed by atoms with Crippen LogP contribution in [0.15, 0.2) is 0 Å². The fourth-order valence-corrected chi connectivity index (χ4v) is 3.87. The maximum Gasteiger partial charge on any atom is 0.0666 e. The summed E-state index contributed by atoms with van der Waals surface area (Å²) in [4.78, 5) is 0. The zero-order chi connectivity index (χ0) is 10.5. The Kier molecular flexibility index (Phi) is 4.79. The van der Waals surface area contributed by atoms with Gasteiger partial charge in [-0.05, 0) is 57.4 Å². The van der Waals surface area contributed by atoms with E-state index in [0.29, 0.717) is 6.10 Å². The minimum Gasteiger partial charge on any atom is -0.377 e. The molecule has 0 amide bonds. The van der Waals surface area contributed by atoms with Crippen LogP contribution in [0.1, 0.15) is 32.6 Å². The van der Waals surface area contributed by atoms with E-state index in [9.17, 15) is 0 Å². The third-order valence-electron chi connectivity index (χ3n) is 3.56. The number of thioether (sulfide) groups is 1. The lowest BCUT2D eigenvalue weighted by atomic mass is 9.97. The SMILES string of the molecule is CC1OCCC1SCCC1CCCNC1. The van der Waals surface area contributed by atoms with E-state index in [1.807, 2.05) is 0 Å². The van der Waals surface area contributed by atoms with Crippen molar-refractivity contribution in [1.82, 2.24) is 5.32 Å². The van der Waals surface area contributed by atoms with E-state index in [1.54, 1.807) is 0 Å². The van der Waals surface area contributed by atoms with Crippen LogP contribution in [0.3, 0.4) is 0 Å². The maximum absolute atomic E-state index is 5.57. The van der Waals surface area contributed by atoms with Gasteiger partial charge in [0.05, 0.1) is 6.10 Å². The Labute approximate surface area is 97.5 Å². The Morgan fingerprint density at radius 3 is 3.00 bits per heavy atom. The van der Waals surface area contributed by atoms with Crippen molar-refractivity contribution in [2.24, 2.45) is 5.92 Å². The van der Waals surface area contributed by atoms with E-state index >= 15 is 0 Å². The molecule has 3 atom stereocenters. The first-order valence-electron chi connectivity index (χ1n) is 6.30. The zero-order valence-corrected chi connectivity index (χ0v) is 10.5. The van der Waals surface area contributed by atoms with Crippen molar-refractivity contribution in [3.8, 4) is 0 Å². The monoisotopic (exact) mass is 229 g/mol. The Hall–Kier alpha value is 0.270. The highest BCUT2D eigenvalue weighted by Crippen LogP contribution is 2.28. The quantitative estimate of drug-likeness (QED) is 0.799. The van der Waals surface area contributed by atoms with Gasteiger partial charge in [-0.15, -0.1) is 0 Å². The average Bonchev–Trinajstić information content (AvgIpc) is 2.66. The molecule has 0 aromatic rings. The zero-order valence-electron chi connectivity index (χ0n) is 9.71. The molecule has 15 heavy (non-hydrogen) atoms. The molecule has 2 rings (SSSR count). The molecule has 3 heteroatoms. The van der Waals surface area contributed by atoms with Gasteiger partial charge in [0, 0.05) is 11.9 Å². The lowest BCUT2D eigenvalue weighted by Gasteiger charge is -2.23. The highest BCUT2D eigenvalue weighted by molar-refractivity contribution is 7.99. The number of piperidine rings is 1. The molecule has 0 radical (unpaired) electrons. The molecule has 1 N–H and O–H groups in total. The van der Waals surface area contributed by atoms with Gasteiger partial charge >= 0.3 is 0 Å². The molecule has 0 bridgehead atoms. The van der Waals surface area contributed by atoms with Gasteiger partial charge < -0.3 is 10.1 Å². The van der Waals surface area contributed by atoms with Gasteiger partial charge in [0.2, 0.25) is 0 Å². The Morgan fingerprint density at radius 1 is 1.40 bits per heavy atom. The molecule has 3 unspecified atom stereocenters. The largest absolute Gasteiger partial charge is 0.377 e. The summed E-state index contributed by atoms with van der Waals surface area (Å²) < 4.78 is 5.57. The van der Waals surface area contributed by atoms with Crippen LogP contribution in [0.5, 0.6) is 0 Å². The number of hydrogen-bond acceptors (Lipinski definition) is 3. The van der Waals surface area contributed by atoms with Crippen molar-refractivity contribution in [3.63, 3.8) is 0 Å². The minimum atomic E-state index is 0.486. The van der Waals surface area contributed by atoms with Gasteiger partial charge in [-0.25, -0.2) is 0 Å². The molecular weight excluding hydrogens is 206 g/mol. The number of hydrogen-bond donors (Lipinski definition) is 1. The normalized spacial score (nSPS) is 37.0. The molecule has 2 heterocycles. The second kappa shape index (κ2) is 6.12. The predicted octanol–water partition coefficient (Wildman–Crippen LogP) is 2.29. The highest BCUT2D eigenvalue weighted by Gasteiger charge is 2.24. The van der Waals surface area contributed by atoms with Crippen LogP contribution in [0.25, 0.3) is 0 Å². The van der Waals surface area contributed by atoms with Crippen LogP contribution in [0.2, 0.25) is 0 Å². The fourth-order valence-electron chi connectivity index (χ4n) is 2.49. The van der Waals surface area contributed by atoms with Gasteiger partial charge in [-0.1, -0.05) is 0 Å². The van der Waals surface area contributed by atoms with Gasteiger partial charge in [-0.3, -0.25) is 0 Å². The fraction of sp³-hybridized carbons (Fsp3) is 1.00. The number of nitrogens with one attached hydrogen (secondary N) is 1. The first-order chi connectivity index (χ1) is 7.36. The van der Waals surface area contributed by atoms with E-state index in [-0.39, 0.29) is 0 Å². The molecule has 88 valence electrons. The van der Waals surface area contributed by atoms with Gasteiger partial charge in [0.1, 0.15) is 0 Å². The van der Waals surface area contributed by atoms with Crippen molar-refractivity contribution < 1.29 is 4.74 Å². The average molecular weight is 229 g/mol. The molecule has 2 aliphatic heterocycles. The molecule has 0 aromatic heterocycles. The van der Waals surface area contributed by atoms with E-state index in [2.05, 4.69) is 24.0 Å². The van der Waals surface area contributed by atoms with Crippen molar-refractivity contribution >= 4 is 11.8 Å². The summed E-state index contributed by atoms with van der Waals surface area (Å²) in [6, 6.07) is 0. The van der Waals surface area contributed by atoms with Crippen molar-refractivity contribution in [3.05, 3.63) is 0 Å². The van der Waals surface area contributed by atoms with Gasteiger partial charge in [0.15, 0.2) is 0 Å². The highest BCUT2D eigenvalue weighted by atomic mass is 32.2. The molecular formula is C12H23NOS. The third-order valence-corrected chi connectivity index (χ3v) is 5.08. The van der Waals surface area contributed by atoms with Gasteiger partial charge in [0.25, 0.3) is 0 Å². The summed E-state index contributed by atoms with van der Waals surface area (Å²) >= 11 is 2.13. The molecule has 2 aliphatic rings. The summed E-state index contributed by atoms with van der Waals surface area (Å²) in [6.07, 6.45) is 5.94. The molecule has 0 spiro atoms. The summed E-state index contributed by atoms with van der Waals surface area (Å²) in [5.74, 6) is 2.26. The number of ether oxygens (including phenoxy) is 1. The number of rotatable bonds is 4. The summed E-state index contributed by atoms with van der Waals surface area (Å²) in [5.41, 5.74) is 0. The van der Waals surface area contributed by atoms with E-state index < -0.39 is 0 Å². The van der Waals surface area contributed by atoms with E-state index in [1.165, 1.54) is 44.5 Å². The topological polar surface area (TPSA) is 21.3 Å².